The molecule has 3 heterocycles. The molecule has 9 heteroatoms. The van der Waals surface area contributed by atoms with Gasteiger partial charge < -0.3 is 5.32 Å². The first-order valence-corrected chi connectivity index (χ1v) is 12.1. The highest BCUT2D eigenvalue weighted by Crippen LogP contribution is 2.39. The summed E-state index contributed by atoms with van der Waals surface area (Å²) in [6, 6.07) is 6.05. The molecule has 0 spiro atoms. The van der Waals surface area contributed by atoms with Crippen molar-refractivity contribution in [1.29, 1.82) is 0 Å². The van der Waals surface area contributed by atoms with Gasteiger partial charge in [0.05, 0.1) is 22.8 Å². The quantitative estimate of drug-likeness (QED) is 0.629. The summed E-state index contributed by atoms with van der Waals surface area (Å²) in [5.74, 6) is 0.498. The molecule has 0 amide bonds. The Hall–Kier alpha value is -2.94. The molecule has 0 saturated heterocycles. The van der Waals surface area contributed by atoms with Crippen LogP contribution < -0.4 is 9.62 Å². The van der Waals surface area contributed by atoms with Crippen molar-refractivity contribution in [2.45, 2.75) is 51.3 Å². The molecule has 1 fully saturated rings. The summed E-state index contributed by atoms with van der Waals surface area (Å²) in [5, 5.41) is 7.49. The number of hydrogen-bond donors (Lipinski definition) is 1. The van der Waals surface area contributed by atoms with Crippen LogP contribution in [-0.4, -0.2) is 40.0 Å². The number of rotatable bonds is 6. The lowest BCUT2D eigenvalue weighted by Crippen LogP contribution is -2.32. The van der Waals surface area contributed by atoms with Crippen molar-refractivity contribution in [3.05, 3.63) is 47.9 Å². The summed E-state index contributed by atoms with van der Waals surface area (Å²) < 4.78 is 28.8. The summed E-state index contributed by atoms with van der Waals surface area (Å²) in [7, 11) is -3.22. The number of fused-ring (bicyclic) bond motifs is 1. The van der Waals surface area contributed by atoms with Gasteiger partial charge in [0, 0.05) is 36.2 Å². The SMILES string of the molecule is Cc1cnc(Nc2ccc3c(c2)CCN3S(=O)(=O)C2CC2)nc1-c1cnn(C(C)C)c1. The molecule has 0 radical (unpaired) electrons. The number of hydrogen-bond acceptors (Lipinski definition) is 6. The van der Waals surface area contributed by atoms with Gasteiger partial charge in [-0.15, -0.1) is 0 Å². The lowest BCUT2D eigenvalue weighted by atomic mass is 10.1. The predicted octanol–water partition coefficient (Wildman–Crippen LogP) is 3.83. The minimum Gasteiger partial charge on any atom is -0.324 e. The second-order valence-corrected chi connectivity index (χ2v) is 10.7. The zero-order chi connectivity index (χ0) is 21.8. The van der Waals surface area contributed by atoms with Crippen molar-refractivity contribution in [3.63, 3.8) is 0 Å². The minimum atomic E-state index is -3.22. The summed E-state index contributed by atoms with van der Waals surface area (Å²) in [6.45, 7) is 6.67. The van der Waals surface area contributed by atoms with E-state index >= 15 is 0 Å². The van der Waals surface area contributed by atoms with E-state index in [1.165, 1.54) is 0 Å². The molecule has 1 N–H and O–H groups in total. The summed E-state index contributed by atoms with van der Waals surface area (Å²) in [6.07, 6.45) is 7.88. The van der Waals surface area contributed by atoms with Crippen LogP contribution in [0.25, 0.3) is 11.3 Å². The molecule has 31 heavy (non-hydrogen) atoms. The van der Waals surface area contributed by atoms with Gasteiger partial charge in [-0.25, -0.2) is 18.4 Å². The molecule has 3 aromatic rings. The highest BCUT2D eigenvalue weighted by molar-refractivity contribution is 7.93. The Kier molecular flexibility index (Phi) is 4.73. The molecule has 0 bridgehead atoms. The summed E-state index contributed by atoms with van der Waals surface area (Å²) >= 11 is 0. The van der Waals surface area contributed by atoms with Gasteiger partial charge >= 0.3 is 0 Å². The number of nitrogens with one attached hydrogen (secondary N) is 1. The molecule has 1 aliphatic carbocycles. The van der Waals surface area contributed by atoms with Crippen LogP contribution in [0, 0.1) is 6.92 Å². The Bertz CT molecular complexity index is 1250. The number of aryl methyl sites for hydroxylation is 1. The van der Waals surface area contributed by atoms with Gasteiger partial charge in [0.1, 0.15) is 0 Å². The van der Waals surface area contributed by atoms with Crippen LogP contribution in [-0.2, 0) is 16.4 Å². The Labute approximate surface area is 182 Å². The van der Waals surface area contributed by atoms with E-state index in [1.54, 1.807) is 10.5 Å². The third-order valence-corrected chi connectivity index (χ3v) is 8.12. The van der Waals surface area contributed by atoms with Crippen LogP contribution in [0.15, 0.2) is 36.8 Å². The normalized spacial score (nSPS) is 16.1. The molecule has 5 rings (SSSR count). The molecular formula is C22H26N6O2S. The molecule has 8 nitrogen and oxygen atoms in total. The Morgan fingerprint density at radius 3 is 2.71 bits per heavy atom. The lowest BCUT2D eigenvalue weighted by Gasteiger charge is -2.19. The van der Waals surface area contributed by atoms with Crippen molar-refractivity contribution in [1.82, 2.24) is 19.7 Å². The van der Waals surface area contributed by atoms with Gasteiger partial charge in [-0.3, -0.25) is 8.99 Å². The average Bonchev–Trinajstić information content (AvgIpc) is 3.33. The molecule has 0 unspecified atom stereocenters. The van der Waals surface area contributed by atoms with Crippen molar-refractivity contribution in [2.24, 2.45) is 0 Å². The second-order valence-electron chi connectivity index (χ2n) is 8.56. The maximum atomic E-state index is 12.7. The third-order valence-electron chi connectivity index (χ3n) is 5.82. The van der Waals surface area contributed by atoms with Crippen LogP contribution in [0.5, 0.6) is 0 Å². The van der Waals surface area contributed by atoms with E-state index in [-0.39, 0.29) is 11.3 Å². The number of aromatic nitrogens is 4. The fourth-order valence-electron chi connectivity index (χ4n) is 3.93. The van der Waals surface area contributed by atoms with Crippen molar-refractivity contribution >= 4 is 27.3 Å². The molecular weight excluding hydrogens is 412 g/mol. The van der Waals surface area contributed by atoms with Gasteiger partial charge in [-0.05, 0) is 69.4 Å². The van der Waals surface area contributed by atoms with Gasteiger partial charge in [0.15, 0.2) is 0 Å². The topological polar surface area (TPSA) is 93.0 Å². The van der Waals surface area contributed by atoms with Crippen LogP contribution in [0.4, 0.5) is 17.3 Å². The van der Waals surface area contributed by atoms with Crippen molar-refractivity contribution < 1.29 is 8.42 Å². The van der Waals surface area contributed by atoms with Crippen molar-refractivity contribution in [2.75, 3.05) is 16.2 Å². The molecule has 2 aromatic heterocycles. The van der Waals surface area contributed by atoms with E-state index in [9.17, 15) is 8.42 Å². The Morgan fingerprint density at radius 1 is 1.19 bits per heavy atom. The van der Waals surface area contributed by atoms with Gasteiger partial charge in [-0.2, -0.15) is 5.10 Å². The largest absolute Gasteiger partial charge is 0.324 e. The zero-order valence-corrected chi connectivity index (χ0v) is 18.7. The Morgan fingerprint density at radius 2 is 2.00 bits per heavy atom. The predicted molar refractivity (Wildman–Crippen MR) is 121 cm³/mol. The maximum Gasteiger partial charge on any atom is 0.238 e. The van der Waals surface area contributed by atoms with Crippen LogP contribution in [0.1, 0.15) is 43.9 Å². The number of benzene rings is 1. The van der Waals surface area contributed by atoms with Gasteiger partial charge in [-0.1, -0.05) is 0 Å². The molecule has 2 aliphatic rings. The van der Waals surface area contributed by atoms with Crippen LogP contribution >= 0.6 is 0 Å². The summed E-state index contributed by atoms with van der Waals surface area (Å²) in [5.41, 5.74) is 5.43. The molecule has 1 aliphatic heterocycles. The number of nitrogens with zero attached hydrogens (tertiary/aromatic N) is 5. The molecule has 1 saturated carbocycles. The van der Waals surface area contributed by atoms with Crippen LogP contribution in [0.2, 0.25) is 0 Å². The number of anilines is 3. The molecule has 0 atom stereocenters. The highest BCUT2D eigenvalue weighted by Gasteiger charge is 2.42. The van der Waals surface area contributed by atoms with E-state index in [0.29, 0.717) is 18.9 Å². The fraction of sp³-hybridized carbons (Fsp3) is 0.409. The first kappa shape index (κ1) is 20.0. The molecule has 162 valence electrons. The van der Waals surface area contributed by atoms with E-state index in [2.05, 4.69) is 29.2 Å². The van der Waals surface area contributed by atoms with Crippen molar-refractivity contribution in [3.8, 4) is 11.3 Å². The zero-order valence-electron chi connectivity index (χ0n) is 17.9. The fourth-order valence-corrected chi connectivity index (χ4v) is 5.82. The average molecular weight is 439 g/mol. The van der Waals surface area contributed by atoms with E-state index < -0.39 is 10.0 Å². The molecule has 1 aromatic carbocycles. The van der Waals surface area contributed by atoms with Gasteiger partial charge in [0.2, 0.25) is 16.0 Å². The number of sulfonamides is 1. The van der Waals surface area contributed by atoms with E-state index in [1.807, 2.05) is 42.2 Å². The van der Waals surface area contributed by atoms with E-state index in [4.69, 9.17) is 4.98 Å². The monoisotopic (exact) mass is 438 g/mol. The first-order chi connectivity index (χ1) is 14.8. The maximum absolute atomic E-state index is 12.7. The third kappa shape index (κ3) is 3.67. The minimum absolute atomic E-state index is 0.198. The highest BCUT2D eigenvalue weighted by atomic mass is 32.2. The van der Waals surface area contributed by atoms with E-state index in [0.717, 1.165) is 46.6 Å². The second kappa shape index (κ2) is 7.33. The standard InChI is InChI=1S/C22H26N6O2S/c1-14(2)27-13-17(12-24-27)21-15(3)11-23-22(26-21)25-18-4-7-20-16(10-18)8-9-28(20)31(29,30)19-5-6-19/h4,7,10-14,19H,5-6,8-9H2,1-3H3,(H,23,25,26). The lowest BCUT2D eigenvalue weighted by molar-refractivity contribution is 0.532. The van der Waals surface area contributed by atoms with Gasteiger partial charge in [0.25, 0.3) is 0 Å². The first-order valence-electron chi connectivity index (χ1n) is 10.6. The Balaban J connectivity index is 1.39. The summed E-state index contributed by atoms with van der Waals surface area (Å²) in [4.78, 5) is 9.13. The smallest absolute Gasteiger partial charge is 0.238 e. The van der Waals surface area contributed by atoms with Crippen LogP contribution in [0.3, 0.4) is 0 Å².